The van der Waals surface area contributed by atoms with E-state index in [1.807, 2.05) is 31.2 Å². The van der Waals surface area contributed by atoms with Crippen molar-refractivity contribution in [3.05, 3.63) is 101 Å². The molecule has 9 rings (SSSR count). The van der Waals surface area contributed by atoms with Crippen LogP contribution in [0.15, 0.2) is 78.2 Å². The normalized spacial score (nSPS) is 22.4. The second-order valence-electron chi connectivity index (χ2n) is 16.7. The van der Waals surface area contributed by atoms with Gasteiger partial charge in [0.15, 0.2) is 11.5 Å². The second kappa shape index (κ2) is 16.4. The van der Waals surface area contributed by atoms with Gasteiger partial charge in [0.25, 0.3) is 5.56 Å². The quantitative estimate of drug-likeness (QED) is 0.104. The molecule has 0 spiro atoms. The first-order valence-electron chi connectivity index (χ1n) is 21.4. The van der Waals surface area contributed by atoms with Gasteiger partial charge in [-0.25, -0.2) is 23.7 Å². The summed E-state index contributed by atoms with van der Waals surface area (Å²) in [7, 11) is 0. The smallest absolute Gasteiger partial charge is 0.278 e. The van der Waals surface area contributed by atoms with Crippen LogP contribution in [0.4, 0.5) is 33.1 Å². The predicted octanol–water partition coefficient (Wildman–Crippen LogP) is 4.99. The van der Waals surface area contributed by atoms with Crippen LogP contribution in [0.1, 0.15) is 63.6 Å². The molecule has 16 heteroatoms. The average molecular weight is 830 g/mol. The maximum Gasteiger partial charge on any atom is 0.278 e. The number of amides is 2. The molecule has 1 unspecified atom stereocenters. The van der Waals surface area contributed by atoms with Crippen molar-refractivity contribution in [3.63, 3.8) is 0 Å². The number of piperazine rings is 1. The van der Waals surface area contributed by atoms with Crippen LogP contribution in [0.25, 0.3) is 16.9 Å². The van der Waals surface area contributed by atoms with Crippen molar-refractivity contribution in [3.8, 4) is 5.82 Å². The van der Waals surface area contributed by atoms with Crippen LogP contribution in [0.5, 0.6) is 0 Å². The number of carbonyl (C=O) groups is 2. The minimum absolute atomic E-state index is 0.245. The van der Waals surface area contributed by atoms with Crippen molar-refractivity contribution in [2.75, 3.05) is 53.2 Å². The lowest BCUT2D eigenvalue weighted by molar-refractivity contribution is -0.133. The van der Waals surface area contributed by atoms with E-state index in [1.54, 1.807) is 29.1 Å². The van der Waals surface area contributed by atoms with Gasteiger partial charge in [0.2, 0.25) is 17.8 Å². The lowest BCUT2D eigenvalue weighted by Gasteiger charge is -2.47. The number of allylic oxidation sites excluding steroid dienone is 1. The van der Waals surface area contributed by atoms with Crippen molar-refractivity contribution in [2.45, 2.75) is 89.1 Å². The lowest BCUT2D eigenvalue weighted by Crippen LogP contribution is -2.57. The van der Waals surface area contributed by atoms with E-state index >= 15 is 4.39 Å². The van der Waals surface area contributed by atoms with Crippen LogP contribution < -0.4 is 31.3 Å². The van der Waals surface area contributed by atoms with Gasteiger partial charge < -0.3 is 25.5 Å². The second-order valence-corrected chi connectivity index (χ2v) is 16.7. The third-order valence-electron chi connectivity index (χ3n) is 13.0. The number of carbonyl (C=O) groups excluding carboxylic acids is 2. The van der Waals surface area contributed by atoms with Gasteiger partial charge in [0.05, 0.1) is 17.9 Å². The highest BCUT2D eigenvalue weighted by Crippen LogP contribution is 2.39. The number of fused-ring (bicyclic) bond motifs is 2. The highest BCUT2D eigenvalue weighted by Gasteiger charge is 2.37. The van der Waals surface area contributed by atoms with Gasteiger partial charge >= 0.3 is 0 Å². The van der Waals surface area contributed by atoms with Crippen LogP contribution >= 0.6 is 0 Å². The van der Waals surface area contributed by atoms with E-state index in [0.29, 0.717) is 71.2 Å². The Bertz CT molecular complexity index is 2550. The predicted molar refractivity (Wildman–Crippen MR) is 233 cm³/mol. The Morgan fingerprint density at radius 1 is 0.967 bits per heavy atom. The van der Waals surface area contributed by atoms with Gasteiger partial charge in [-0.05, 0) is 99.5 Å². The molecule has 0 radical (unpaired) electrons. The number of aromatic nitrogens is 5. The van der Waals surface area contributed by atoms with E-state index < -0.39 is 11.6 Å². The summed E-state index contributed by atoms with van der Waals surface area (Å²) in [6.07, 6.45) is 7.64. The molecule has 2 aromatic carbocycles. The Labute approximate surface area is 353 Å². The molecule has 318 valence electrons. The highest BCUT2D eigenvalue weighted by molar-refractivity contribution is 6.01. The number of hydrogen-bond donors (Lipinski definition) is 4. The molecule has 0 saturated carbocycles. The zero-order valence-corrected chi connectivity index (χ0v) is 34.6. The summed E-state index contributed by atoms with van der Waals surface area (Å²) >= 11 is 0. The number of aryl methyl sites for hydroxylation is 1. The molecule has 3 saturated heterocycles. The lowest BCUT2D eigenvalue weighted by atomic mass is 9.98. The summed E-state index contributed by atoms with van der Waals surface area (Å²) in [6.45, 7) is 12.5. The van der Waals surface area contributed by atoms with Crippen LogP contribution in [0, 0.1) is 5.82 Å². The first-order valence-corrected chi connectivity index (χ1v) is 21.4. The van der Waals surface area contributed by atoms with Gasteiger partial charge in [-0.1, -0.05) is 19.1 Å². The van der Waals surface area contributed by atoms with Crippen molar-refractivity contribution in [2.24, 2.45) is 0 Å². The van der Waals surface area contributed by atoms with E-state index in [-0.39, 0.29) is 36.2 Å². The number of nitrogens with zero attached hydrogens (tertiary/aromatic N) is 8. The van der Waals surface area contributed by atoms with E-state index in [9.17, 15) is 19.5 Å². The molecule has 15 nitrogen and oxygen atoms in total. The van der Waals surface area contributed by atoms with Crippen LogP contribution in [-0.2, 0) is 28.2 Å². The molecule has 3 fully saturated rings. The number of anilines is 5. The van der Waals surface area contributed by atoms with Gasteiger partial charge in [-0.2, -0.15) is 4.98 Å². The van der Waals surface area contributed by atoms with Gasteiger partial charge in [0.1, 0.15) is 22.8 Å². The standard InChI is InChI=1S/C45H52FN11O4/c1-4-20-56-43(60)34-26-47-44(52-41(34)57(56)38-14-6-29-16-19-45(61,5-2)40(29)50-38)49-30-7-10-32(11-8-30)54-23-24-55(28(3)27-54)33-17-21-53(22-18-33)37-13-9-31(25-35(37)46)48-36-12-15-39(58)51-42(36)59/h4,6-11,13-14,25-26,28,33,36,48,61H,1,5,12,15-24,27H2,2-3H3,(H,47,49,52)(H,51,58,59)/t28-,36?,45-/m1/s1. The first-order chi connectivity index (χ1) is 29.5. The maximum atomic E-state index is 15.3. The zero-order chi connectivity index (χ0) is 42.4. The number of imide groups is 1. The summed E-state index contributed by atoms with van der Waals surface area (Å²) in [5.41, 5.74) is 3.84. The van der Waals surface area contributed by atoms with Gasteiger partial charge in [-0.15, -0.1) is 6.58 Å². The number of hydrogen-bond acceptors (Lipinski definition) is 12. The third-order valence-corrected chi connectivity index (χ3v) is 13.0. The SMILES string of the molecule is C=CCn1c(=O)c2cnc(Nc3ccc(N4CCN(C5CCN(c6ccc(NC7CCC(=O)NC7=O)cc6F)CC5)[C@H](C)C4)cc3)nc2n1-c1ccc2c(n1)[C@@](O)(CC)CC2. The largest absolute Gasteiger partial charge is 0.384 e. The van der Waals surface area contributed by atoms with Crippen molar-refractivity contribution in [1.82, 2.24) is 34.5 Å². The van der Waals surface area contributed by atoms with E-state index in [1.165, 1.54) is 10.7 Å². The number of aliphatic hydroxyl groups is 1. The van der Waals surface area contributed by atoms with Gasteiger partial charge in [0, 0.05) is 74.5 Å². The highest BCUT2D eigenvalue weighted by atomic mass is 19.1. The van der Waals surface area contributed by atoms with Crippen molar-refractivity contribution < 1.29 is 19.1 Å². The first kappa shape index (κ1) is 40.3. The van der Waals surface area contributed by atoms with Crippen molar-refractivity contribution in [1.29, 1.82) is 0 Å². The third kappa shape index (κ3) is 7.74. The maximum absolute atomic E-state index is 15.3. The molecule has 0 bridgehead atoms. The monoisotopic (exact) mass is 829 g/mol. The number of pyridine rings is 1. The summed E-state index contributed by atoms with van der Waals surface area (Å²) in [6, 6.07) is 17.3. The van der Waals surface area contributed by atoms with E-state index in [4.69, 9.17) is 9.97 Å². The fourth-order valence-electron chi connectivity index (χ4n) is 9.57. The molecule has 6 heterocycles. The Morgan fingerprint density at radius 2 is 1.75 bits per heavy atom. The summed E-state index contributed by atoms with van der Waals surface area (Å²) in [5.74, 6) is -0.153. The number of halogens is 1. The molecule has 4 aliphatic rings. The fourth-order valence-corrected chi connectivity index (χ4v) is 9.57. The Balaban J connectivity index is 0.822. The summed E-state index contributed by atoms with van der Waals surface area (Å²) in [4.78, 5) is 58.5. The van der Waals surface area contributed by atoms with Crippen molar-refractivity contribution >= 4 is 51.5 Å². The number of piperidine rings is 2. The number of benzene rings is 2. The van der Waals surface area contributed by atoms with E-state index in [2.05, 4.69) is 61.3 Å². The molecule has 5 aromatic rings. The molecule has 2 amide bonds. The molecule has 3 atom stereocenters. The Hall–Kier alpha value is -6.13. The van der Waals surface area contributed by atoms with Gasteiger partial charge in [-0.3, -0.25) is 24.6 Å². The molecular weight excluding hydrogens is 778 g/mol. The number of rotatable bonds is 11. The van der Waals surface area contributed by atoms with Crippen LogP contribution in [-0.4, -0.2) is 97.0 Å². The topological polar surface area (TPSA) is 166 Å². The number of nitrogens with one attached hydrogen (secondary N) is 3. The molecule has 1 aliphatic carbocycles. The fraction of sp³-hybridized carbons (Fsp3) is 0.422. The van der Waals surface area contributed by atoms with Crippen LogP contribution in [0.3, 0.4) is 0 Å². The molecule has 4 N–H and O–H groups in total. The Morgan fingerprint density at radius 3 is 2.48 bits per heavy atom. The van der Waals surface area contributed by atoms with Crippen LogP contribution in [0.2, 0.25) is 0 Å². The minimum atomic E-state index is -1.00. The average Bonchev–Trinajstić information content (AvgIpc) is 3.74. The molecule has 3 aliphatic heterocycles. The summed E-state index contributed by atoms with van der Waals surface area (Å²) < 4.78 is 18.6. The zero-order valence-electron chi connectivity index (χ0n) is 34.6. The molecule has 3 aromatic heterocycles. The Kier molecular flexibility index (Phi) is 10.8. The molecule has 61 heavy (non-hydrogen) atoms. The summed E-state index contributed by atoms with van der Waals surface area (Å²) in [5, 5.41) is 20.4. The van der Waals surface area contributed by atoms with E-state index in [0.717, 1.165) is 68.9 Å². The molecular formula is C45H52FN11O4. The minimum Gasteiger partial charge on any atom is -0.384 e.